The van der Waals surface area contributed by atoms with E-state index in [0.717, 1.165) is 60.0 Å². The van der Waals surface area contributed by atoms with Crippen LogP contribution >= 0.6 is 11.8 Å². The number of halogens is 3. The monoisotopic (exact) mass is 664 g/mol. The number of ether oxygens (including phenoxy) is 1. The highest BCUT2D eigenvalue weighted by atomic mass is 32.2. The van der Waals surface area contributed by atoms with Crippen molar-refractivity contribution in [1.29, 1.82) is 0 Å². The largest absolute Gasteiger partial charge is 0.573 e. The van der Waals surface area contributed by atoms with E-state index in [-0.39, 0.29) is 23.5 Å². The quantitative estimate of drug-likeness (QED) is 0.177. The van der Waals surface area contributed by atoms with Gasteiger partial charge in [0.05, 0.1) is 17.1 Å². The summed E-state index contributed by atoms with van der Waals surface area (Å²) in [7, 11) is 0. The van der Waals surface area contributed by atoms with Crippen molar-refractivity contribution >= 4 is 34.6 Å². The second-order valence-corrected chi connectivity index (χ2v) is 12.2. The average molecular weight is 665 g/mol. The molecule has 1 saturated heterocycles. The normalized spacial score (nSPS) is 14.9. The van der Waals surface area contributed by atoms with Gasteiger partial charge in [0.15, 0.2) is 11.0 Å². The number of benzene rings is 3. The predicted molar refractivity (Wildman–Crippen MR) is 177 cm³/mol. The van der Waals surface area contributed by atoms with Crippen LogP contribution in [0.3, 0.4) is 0 Å². The minimum absolute atomic E-state index is 0.0825. The Morgan fingerprint density at radius 2 is 1.83 bits per heavy atom. The van der Waals surface area contributed by atoms with Crippen LogP contribution in [-0.4, -0.2) is 50.0 Å². The molecule has 1 unspecified atom stereocenters. The lowest BCUT2D eigenvalue weighted by atomic mass is 10.0. The number of urea groups is 1. The maximum Gasteiger partial charge on any atom is 0.573 e. The topological polar surface area (TPSA) is 102 Å². The molecule has 0 radical (unpaired) electrons. The van der Waals surface area contributed by atoms with Crippen molar-refractivity contribution in [2.24, 2.45) is 4.99 Å². The summed E-state index contributed by atoms with van der Waals surface area (Å²) in [6, 6.07) is 18.7. The summed E-state index contributed by atoms with van der Waals surface area (Å²) in [4.78, 5) is 35.8. The molecule has 13 heteroatoms. The Labute approximate surface area is 275 Å². The van der Waals surface area contributed by atoms with Gasteiger partial charge in [-0.2, -0.15) is 4.99 Å². The van der Waals surface area contributed by atoms with Gasteiger partial charge >= 0.3 is 12.4 Å². The fourth-order valence-corrected chi connectivity index (χ4v) is 6.06. The third-order valence-corrected chi connectivity index (χ3v) is 8.40. The molecule has 3 aromatic carbocycles. The second-order valence-electron chi connectivity index (χ2n) is 11.3. The van der Waals surface area contributed by atoms with Gasteiger partial charge in [-0.05, 0) is 86.6 Å². The molecule has 0 spiro atoms. The van der Waals surface area contributed by atoms with E-state index >= 15 is 0 Å². The first kappa shape index (κ1) is 33.7. The molecule has 9 nitrogen and oxygen atoms in total. The first-order chi connectivity index (χ1) is 22.5. The molecule has 47 heavy (non-hydrogen) atoms. The first-order valence-electron chi connectivity index (χ1n) is 15.3. The van der Waals surface area contributed by atoms with Gasteiger partial charge in [0, 0.05) is 11.6 Å². The number of carbonyl (C=O) groups excluding carboxylic acids is 2. The van der Waals surface area contributed by atoms with E-state index in [1.807, 2.05) is 56.3 Å². The minimum Gasteiger partial charge on any atom is -0.406 e. The number of thioether (sulfide) groups is 1. The van der Waals surface area contributed by atoms with E-state index < -0.39 is 12.4 Å². The third kappa shape index (κ3) is 9.00. The fourth-order valence-electron chi connectivity index (χ4n) is 5.20. The van der Waals surface area contributed by atoms with Gasteiger partial charge in [0.25, 0.3) is 0 Å². The van der Waals surface area contributed by atoms with Crippen molar-refractivity contribution in [2.75, 3.05) is 10.7 Å². The Hall–Kier alpha value is -4.65. The molecule has 1 aliphatic heterocycles. The highest BCUT2D eigenvalue weighted by molar-refractivity contribution is 8.15. The molecule has 0 bridgehead atoms. The van der Waals surface area contributed by atoms with Crippen LogP contribution in [0.15, 0.2) is 78.0 Å². The van der Waals surface area contributed by atoms with E-state index in [9.17, 15) is 22.8 Å². The van der Waals surface area contributed by atoms with Gasteiger partial charge in [-0.25, -0.2) is 14.5 Å². The number of amidine groups is 1. The molecule has 1 N–H and O–H groups in total. The lowest BCUT2D eigenvalue weighted by Crippen LogP contribution is -2.34. The van der Waals surface area contributed by atoms with Crippen LogP contribution < -0.4 is 15.0 Å². The molecule has 1 aliphatic rings. The maximum atomic E-state index is 12.8. The minimum atomic E-state index is -4.75. The van der Waals surface area contributed by atoms with Crippen molar-refractivity contribution in [3.8, 4) is 22.8 Å². The fraction of sp³-hybridized carbons (Fsp3) is 0.324. The number of hydrogen-bond donors (Lipinski definition) is 1. The van der Waals surface area contributed by atoms with Gasteiger partial charge < -0.3 is 10.1 Å². The van der Waals surface area contributed by atoms with Gasteiger partial charge in [0.2, 0.25) is 5.91 Å². The lowest BCUT2D eigenvalue weighted by Gasteiger charge is -2.20. The van der Waals surface area contributed by atoms with E-state index in [2.05, 4.69) is 32.1 Å². The zero-order valence-electron chi connectivity index (χ0n) is 26.3. The van der Waals surface area contributed by atoms with Gasteiger partial charge in [-0.15, -0.1) is 18.3 Å². The Morgan fingerprint density at radius 3 is 2.53 bits per heavy atom. The standard InChI is InChI=1S/C34H35F3N6O3S/c1-4-6-25-12-9-22(2)19-29(25)43-30(44)20-47-33(43)40-32(45)39-23(3)7-5-8-24-10-13-26(14-11-24)31-38-21-42(41-31)27-15-17-28(18-16-27)46-34(35,36)37/h9-19,21,23H,4-8,20H2,1-3H3,(H,39,45)/b40-33-. The molecule has 4 aromatic rings. The van der Waals surface area contributed by atoms with Gasteiger partial charge in [-0.3, -0.25) is 9.69 Å². The third-order valence-electron chi connectivity index (χ3n) is 7.47. The number of aryl methyl sites for hydroxylation is 3. The molecule has 0 aliphatic carbocycles. The number of nitrogens with one attached hydrogen (secondary N) is 1. The van der Waals surface area contributed by atoms with Gasteiger partial charge in [-0.1, -0.05) is 61.5 Å². The number of aliphatic imine (C=N–C) groups is 1. The van der Waals surface area contributed by atoms with E-state index in [1.165, 1.54) is 47.0 Å². The van der Waals surface area contributed by atoms with Crippen molar-refractivity contribution < 1.29 is 27.5 Å². The van der Waals surface area contributed by atoms with Crippen molar-refractivity contribution in [2.45, 2.75) is 65.3 Å². The lowest BCUT2D eigenvalue weighted by molar-refractivity contribution is -0.274. The van der Waals surface area contributed by atoms with Crippen LogP contribution in [0.5, 0.6) is 5.75 Å². The Bertz CT molecular complexity index is 1740. The van der Waals surface area contributed by atoms with Crippen LogP contribution in [0, 0.1) is 6.92 Å². The van der Waals surface area contributed by atoms with Crippen molar-refractivity contribution in [3.63, 3.8) is 0 Å². The smallest absolute Gasteiger partial charge is 0.406 e. The maximum absolute atomic E-state index is 12.8. The number of amides is 3. The van der Waals surface area contributed by atoms with Crippen LogP contribution in [0.2, 0.25) is 0 Å². The molecule has 246 valence electrons. The molecule has 1 fully saturated rings. The Morgan fingerprint density at radius 1 is 1.09 bits per heavy atom. The number of rotatable bonds is 11. The van der Waals surface area contributed by atoms with E-state index in [1.54, 1.807) is 4.90 Å². The Balaban J connectivity index is 1.12. The number of hydrogen-bond acceptors (Lipinski definition) is 6. The zero-order valence-corrected chi connectivity index (χ0v) is 27.1. The summed E-state index contributed by atoms with van der Waals surface area (Å²) in [6.07, 6.45) is 0.892. The number of anilines is 1. The van der Waals surface area contributed by atoms with Crippen LogP contribution in [0.1, 0.15) is 49.8 Å². The SMILES string of the molecule is CCCc1ccc(C)cc1N1C(=O)CS/C1=N\C(=O)NC(C)CCCc1ccc(-c2ncn(-c3ccc(OC(F)(F)F)cc3)n2)cc1. The molecular weight excluding hydrogens is 629 g/mol. The zero-order chi connectivity index (χ0) is 33.6. The first-order valence-corrected chi connectivity index (χ1v) is 16.3. The van der Waals surface area contributed by atoms with Crippen LogP contribution in [-0.2, 0) is 17.6 Å². The highest BCUT2D eigenvalue weighted by Gasteiger charge is 2.32. The number of alkyl halides is 3. The number of nitrogens with zero attached hydrogens (tertiary/aromatic N) is 5. The molecule has 0 saturated carbocycles. The number of aromatic nitrogens is 3. The molecule has 1 atom stereocenters. The summed E-state index contributed by atoms with van der Waals surface area (Å²) in [5.41, 5.74) is 5.35. The Kier molecular flexibility index (Phi) is 10.6. The summed E-state index contributed by atoms with van der Waals surface area (Å²) in [6.45, 7) is 6.01. The summed E-state index contributed by atoms with van der Waals surface area (Å²) >= 11 is 1.27. The van der Waals surface area contributed by atoms with Crippen LogP contribution in [0.25, 0.3) is 17.1 Å². The van der Waals surface area contributed by atoms with E-state index in [4.69, 9.17) is 0 Å². The predicted octanol–water partition coefficient (Wildman–Crippen LogP) is 7.65. The average Bonchev–Trinajstić information content (AvgIpc) is 3.65. The molecular formula is C34H35F3N6O3S. The van der Waals surface area contributed by atoms with Gasteiger partial charge in [0.1, 0.15) is 12.1 Å². The number of carbonyl (C=O) groups is 2. The summed E-state index contributed by atoms with van der Waals surface area (Å²) in [5, 5.41) is 7.78. The summed E-state index contributed by atoms with van der Waals surface area (Å²) in [5.74, 6) is 0.334. The van der Waals surface area contributed by atoms with Crippen LogP contribution in [0.4, 0.5) is 23.7 Å². The van der Waals surface area contributed by atoms with E-state index in [0.29, 0.717) is 16.7 Å². The molecule has 2 heterocycles. The highest BCUT2D eigenvalue weighted by Crippen LogP contribution is 2.31. The molecule has 3 amide bonds. The summed E-state index contributed by atoms with van der Waals surface area (Å²) < 4.78 is 42.6. The van der Waals surface area contributed by atoms with Crippen molar-refractivity contribution in [1.82, 2.24) is 20.1 Å². The molecule has 1 aromatic heterocycles. The molecule has 5 rings (SSSR count). The second kappa shape index (κ2) is 14.8. The van der Waals surface area contributed by atoms with Crippen molar-refractivity contribution in [3.05, 3.63) is 89.7 Å².